The standard InChI is InChI=1S/C17H20N4O5.CHCl3/c1-3-4-7-11(18)14(23)10-8(6-26-16(19)24)17(25-2)15-9(20-15)5-21(17)12(10)13(7)22;2-1(3)4/h3,8-9,15,20H,1,4-6,18H2,2H3,(H2,19,24);1H/t8-,9+,15+,17-;/m1./s1. The summed E-state index contributed by atoms with van der Waals surface area (Å²) >= 11 is 14.4. The number of nitrogens with one attached hydrogen (secondary N) is 1. The van der Waals surface area contributed by atoms with E-state index in [1.165, 1.54) is 13.2 Å². The summed E-state index contributed by atoms with van der Waals surface area (Å²) in [6.07, 6.45) is 0.781. The third kappa shape index (κ3) is 3.48. The van der Waals surface area contributed by atoms with Crippen molar-refractivity contribution in [2.75, 3.05) is 20.3 Å². The Morgan fingerprint density at radius 2 is 2.03 bits per heavy atom. The molecule has 9 nitrogen and oxygen atoms in total. The maximum absolute atomic E-state index is 13.1. The van der Waals surface area contributed by atoms with Crippen molar-refractivity contribution in [1.82, 2.24) is 10.2 Å². The molecule has 0 spiro atoms. The lowest BCUT2D eigenvalue weighted by Crippen LogP contribution is -2.55. The molecule has 1 amide bonds. The lowest BCUT2D eigenvalue weighted by Gasteiger charge is -2.39. The molecular weight excluding hydrogens is 459 g/mol. The Hall–Kier alpha value is -1.78. The van der Waals surface area contributed by atoms with Gasteiger partial charge in [0.1, 0.15) is 6.61 Å². The molecule has 0 aromatic rings. The van der Waals surface area contributed by atoms with Crippen molar-refractivity contribution in [2.45, 2.75) is 28.5 Å². The van der Waals surface area contributed by atoms with E-state index in [1.54, 1.807) is 0 Å². The minimum atomic E-state index is -0.986. The maximum Gasteiger partial charge on any atom is 0.404 e. The first-order valence-corrected chi connectivity index (χ1v) is 10.3. The van der Waals surface area contributed by atoms with Gasteiger partial charge in [0.05, 0.1) is 23.4 Å². The van der Waals surface area contributed by atoms with Crippen LogP contribution in [-0.2, 0) is 19.1 Å². The number of hydrogen-bond donors (Lipinski definition) is 3. The fraction of sp³-hybridized carbons (Fsp3) is 0.500. The first kappa shape index (κ1) is 22.9. The number of piperazine rings is 1. The Morgan fingerprint density at radius 1 is 1.40 bits per heavy atom. The van der Waals surface area contributed by atoms with Crippen LogP contribution in [0.4, 0.5) is 4.79 Å². The second-order valence-corrected chi connectivity index (χ2v) is 9.03. The van der Waals surface area contributed by atoms with Crippen molar-refractivity contribution < 1.29 is 23.9 Å². The van der Waals surface area contributed by atoms with Gasteiger partial charge in [-0.2, -0.15) is 0 Å². The zero-order chi connectivity index (χ0) is 22.4. The maximum atomic E-state index is 13.1. The van der Waals surface area contributed by atoms with Crippen LogP contribution in [0.1, 0.15) is 6.42 Å². The Balaban J connectivity index is 0.000000589. The van der Waals surface area contributed by atoms with Gasteiger partial charge in [-0.05, 0) is 6.42 Å². The first-order valence-electron chi connectivity index (χ1n) is 8.98. The summed E-state index contributed by atoms with van der Waals surface area (Å²) in [5, 5.41) is 3.29. The lowest BCUT2D eigenvalue weighted by molar-refractivity contribution is -0.137. The monoisotopic (exact) mass is 478 g/mol. The number of ketones is 2. The predicted octanol–water partition coefficient (Wildman–Crippen LogP) is 0.891. The van der Waals surface area contributed by atoms with E-state index < -0.39 is 27.8 Å². The Labute approximate surface area is 187 Å². The number of amides is 1. The van der Waals surface area contributed by atoms with Crippen LogP contribution < -0.4 is 16.8 Å². The molecule has 2 fully saturated rings. The zero-order valence-electron chi connectivity index (χ0n) is 16.0. The molecule has 4 aliphatic rings. The topological polar surface area (TPSA) is 147 Å². The second-order valence-electron chi connectivity index (χ2n) is 7.05. The molecule has 4 rings (SSSR count). The number of rotatable bonds is 5. The highest BCUT2D eigenvalue weighted by atomic mass is 35.6. The highest BCUT2D eigenvalue weighted by molar-refractivity contribution is 6.63. The van der Waals surface area contributed by atoms with Crippen LogP contribution in [0.25, 0.3) is 0 Å². The largest absolute Gasteiger partial charge is 0.449 e. The summed E-state index contributed by atoms with van der Waals surface area (Å²) in [5.41, 5.74) is 10.8. The number of primary amides is 1. The number of nitrogens with two attached hydrogens (primary N) is 2. The van der Waals surface area contributed by atoms with Crippen LogP contribution in [0.3, 0.4) is 0 Å². The van der Waals surface area contributed by atoms with E-state index in [4.69, 9.17) is 55.7 Å². The van der Waals surface area contributed by atoms with Crippen LogP contribution >= 0.6 is 34.8 Å². The molecule has 4 atom stereocenters. The molecule has 3 heterocycles. The van der Waals surface area contributed by atoms with Crippen LogP contribution in [-0.4, -0.2) is 64.9 Å². The quantitative estimate of drug-likeness (QED) is 0.228. The number of carbonyl (C=O) groups excluding carboxylic acids is 3. The molecule has 0 unspecified atom stereocenters. The number of hydrogen-bond acceptors (Lipinski definition) is 8. The minimum Gasteiger partial charge on any atom is -0.449 e. The number of allylic oxidation sites excluding steroid dienone is 3. The highest BCUT2D eigenvalue weighted by Crippen LogP contribution is 2.55. The van der Waals surface area contributed by atoms with Gasteiger partial charge < -0.3 is 31.2 Å². The van der Waals surface area contributed by atoms with Gasteiger partial charge in [0.15, 0.2) is 10.0 Å². The molecule has 0 radical (unpaired) electrons. The predicted molar refractivity (Wildman–Crippen MR) is 111 cm³/mol. The fourth-order valence-corrected chi connectivity index (χ4v) is 4.59. The molecular formula is C18H21Cl3N4O5. The van der Waals surface area contributed by atoms with E-state index in [2.05, 4.69) is 11.9 Å². The number of nitrogens with zero attached hydrogens (tertiary/aromatic N) is 1. The van der Waals surface area contributed by atoms with Crippen molar-refractivity contribution >= 4 is 52.5 Å². The van der Waals surface area contributed by atoms with E-state index in [0.29, 0.717) is 6.54 Å². The summed E-state index contributed by atoms with van der Waals surface area (Å²) in [6.45, 7) is 3.97. The summed E-state index contributed by atoms with van der Waals surface area (Å²) in [6, 6.07) is 0.0679. The van der Waals surface area contributed by atoms with Gasteiger partial charge in [-0.25, -0.2) is 4.79 Å². The second kappa shape index (κ2) is 8.39. The Morgan fingerprint density at radius 3 is 2.57 bits per heavy atom. The van der Waals surface area contributed by atoms with Gasteiger partial charge >= 0.3 is 6.09 Å². The molecule has 1 aliphatic carbocycles. The molecule has 164 valence electrons. The lowest BCUT2D eigenvalue weighted by atomic mass is 9.82. The van der Waals surface area contributed by atoms with Crippen LogP contribution in [0.2, 0.25) is 0 Å². The van der Waals surface area contributed by atoms with Gasteiger partial charge in [0.25, 0.3) is 0 Å². The fourth-order valence-electron chi connectivity index (χ4n) is 4.59. The molecule has 12 heteroatoms. The van der Waals surface area contributed by atoms with Crippen molar-refractivity contribution in [1.29, 1.82) is 0 Å². The number of alkyl halides is 3. The van der Waals surface area contributed by atoms with Crippen molar-refractivity contribution in [2.24, 2.45) is 17.4 Å². The highest BCUT2D eigenvalue weighted by Gasteiger charge is 2.72. The SMILES string of the molecule is C=CCC1=C(N)C(=O)C2=C(C1=O)N1C[C@@H]3N[C@@H]3[C@]1(OC)[C@@H]2COC(N)=O.ClC(Cl)Cl. The van der Waals surface area contributed by atoms with Crippen molar-refractivity contribution in [3.8, 4) is 0 Å². The van der Waals surface area contributed by atoms with E-state index in [9.17, 15) is 14.4 Å². The van der Waals surface area contributed by atoms with E-state index in [-0.39, 0.29) is 53.4 Å². The van der Waals surface area contributed by atoms with Gasteiger partial charge in [-0.1, -0.05) is 40.9 Å². The molecule has 0 aromatic heterocycles. The van der Waals surface area contributed by atoms with E-state index >= 15 is 0 Å². The summed E-state index contributed by atoms with van der Waals surface area (Å²) < 4.78 is 10.1. The van der Waals surface area contributed by atoms with E-state index in [1.807, 2.05) is 4.90 Å². The minimum absolute atomic E-state index is 0.0794. The first-order chi connectivity index (χ1) is 14.1. The smallest absolute Gasteiger partial charge is 0.404 e. The summed E-state index contributed by atoms with van der Waals surface area (Å²) in [7, 11) is 1.52. The average Bonchev–Trinajstić information content (AvgIpc) is 3.27. The van der Waals surface area contributed by atoms with Crippen molar-refractivity contribution in [3.63, 3.8) is 0 Å². The Kier molecular flexibility index (Phi) is 6.41. The van der Waals surface area contributed by atoms with Crippen molar-refractivity contribution in [3.05, 3.63) is 35.2 Å². The number of fused-ring (bicyclic) bond motifs is 4. The molecule has 0 bridgehead atoms. The number of methoxy groups -OCH3 is 1. The van der Waals surface area contributed by atoms with Gasteiger partial charge in [-0.15, -0.1) is 6.58 Å². The normalized spacial score (nSPS) is 31.2. The molecule has 0 saturated carbocycles. The van der Waals surface area contributed by atoms with E-state index in [0.717, 1.165) is 0 Å². The molecule has 3 aliphatic heterocycles. The third-order valence-corrected chi connectivity index (χ3v) is 5.68. The van der Waals surface area contributed by atoms with Gasteiger partial charge in [0.2, 0.25) is 11.6 Å². The van der Waals surface area contributed by atoms with Crippen LogP contribution in [0.5, 0.6) is 0 Å². The number of Topliss-reactive ketones (excluding diaryl/α,β-unsaturated/α-hetero) is 2. The average molecular weight is 480 g/mol. The summed E-state index contributed by atoms with van der Waals surface area (Å²) in [5.74, 6) is -1.40. The number of halogens is 3. The molecule has 0 aromatic carbocycles. The van der Waals surface area contributed by atoms with Gasteiger partial charge in [-0.3, -0.25) is 9.59 Å². The molecule has 5 N–H and O–H groups in total. The molecule has 2 saturated heterocycles. The Bertz CT molecular complexity index is 871. The third-order valence-electron chi connectivity index (χ3n) is 5.68. The van der Waals surface area contributed by atoms with Gasteiger partial charge in [0, 0.05) is 30.8 Å². The molecule has 30 heavy (non-hydrogen) atoms. The summed E-state index contributed by atoms with van der Waals surface area (Å²) in [4.78, 5) is 39.1. The zero-order valence-corrected chi connectivity index (χ0v) is 18.3. The number of carbonyl (C=O) groups is 3. The number of ether oxygens (including phenoxy) is 2. The van der Waals surface area contributed by atoms with Crippen LogP contribution in [0, 0.1) is 5.92 Å². The van der Waals surface area contributed by atoms with Crippen LogP contribution in [0.15, 0.2) is 35.2 Å².